The molecule has 0 N–H and O–H groups in total. The van der Waals surface area contributed by atoms with Crippen molar-refractivity contribution >= 4 is 11.9 Å². The maximum Gasteiger partial charge on any atom is 0.162 e. The fraction of sp³-hybridized carbons (Fsp3) is 0.471. The van der Waals surface area contributed by atoms with Crippen LogP contribution in [0.1, 0.15) is 44.1 Å². The Balaban J connectivity index is 1.82. The second kappa shape index (κ2) is 5.09. The van der Waals surface area contributed by atoms with Gasteiger partial charge in [-0.15, -0.1) is 0 Å². The van der Waals surface area contributed by atoms with Gasteiger partial charge in [0.25, 0.3) is 0 Å². The first-order chi connectivity index (χ1) is 8.84. The largest absolute Gasteiger partial charge is 0.294 e. The lowest BCUT2D eigenvalue weighted by molar-refractivity contribution is -0.123. The van der Waals surface area contributed by atoms with Gasteiger partial charge in [0, 0.05) is 5.92 Å². The van der Waals surface area contributed by atoms with E-state index in [1.807, 2.05) is 18.2 Å². The van der Waals surface area contributed by atoms with Crippen molar-refractivity contribution in [2.24, 2.45) is 11.8 Å². The number of benzene rings is 1. The van der Waals surface area contributed by atoms with Gasteiger partial charge >= 0.3 is 0 Å². The Morgan fingerprint density at radius 2 is 1.78 bits per heavy atom. The summed E-state index contributed by atoms with van der Waals surface area (Å²) in [5, 5.41) is 0. The van der Waals surface area contributed by atoms with Crippen LogP contribution in [-0.2, 0) is 4.79 Å². The number of hydrogen-bond acceptors (Lipinski definition) is 1. The van der Waals surface area contributed by atoms with E-state index >= 15 is 0 Å². The minimum atomic E-state index is 0.336. The van der Waals surface area contributed by atoms with Crippen molar-refractivity contribution < 1.29 is 4.79 Å². The first-order valence-corrected chi connectivity index (χ1v) is 7.14. The van der Waals surface area contributed by atoms with Gasteiger partial charge in [-0.3, -0.25) is 4.79 Å². The molecule has 2 atom stereocenters. The van der Waals surface area contributed by atoms with Crippen LogP contribution in [0, 0.1) is 11.8 Å². The monoisotopic (exact) mass is 240 g/mol. The highest BCUT2D eigenvalue weighted by Crippen LogP contribution is 2.40. The minimum Gasteiger partial charge on any atom is -0.294 e. The SMILES string of the molecule is O=C1/C(=C/c2ccccc2)CC[C@H]2CCCC[C@H]12. The summed E-state index contributed by atoms with van der Waals surface area (Å²) in [6.45, 7) is 0. The van der Waals surface area contributed by atoms with Gasteiger partial charge in [0.1, 0.15) is 0 Å². The molecule has 18 heavy (non-hydrogen) atoms. The molecule has 0 heterocycles. The number of allylic oxidation sites excluding steroid dienone is 1. The van der Waals surface area contributed by atoms with Gasteiger partial charge < -0.3 is 0 Å². The number of Topliss-reactive ketones (excluding diaryl/α,β-unsaturated/α-hetero) is 1. The summed E-state index contributed by atoms with van der Waals surface area (Å²) in [6.07, 6.45) is 9.26. The summed E-state index contributed by atoms with van der Waals surface area (Å²) in [5.74, 6) is 1.46. The molecule has 0 saturated heterocycles. The zero-order valence-electron chi connectivity index (χ0n) is 10.8. The molecule has 0 spiro atoms. The van der Waals surface area contributed by atoms with Crippen LogP contribution >= 0.6 is 0 Å². The molecule has 0 amide bonds. The van der Waals surface area contributed by atoms with Gasteiger partial charge in [-0.05, 0) is 48.8 Å². The van der Waals surface area contributed by atoms with E-state index in [1.54, 1.807) is 0 Å². The third-order valence-electron chi connectivity index (χ3n) is 4.49. The lowest BCUT2D eigenvalue weighted by Crippen LogP contribution is -2.32. The van der Waals surface area contributed by atoms with Crippen molar-refractivity contribution in [3.05, 3.63) is 41.5 Å². The molecule has 0 bridgehead atoms. The van der Waals surface area contributed by atoms with E-state index in [-0.39, 0.29) is 0 Å². The smallest absolute Gasteiger partial charge is 0.162 e. The molecule has 94 valence electrons. The summed E-state index contributed by atoms with van der Waals surface area (Å²) in [6, 6.07) is 10.2. The van der Waals surface area contributed by atoms with E-state index in [1.165, 1.54) is 25.7 Å². The van der Waals surface area contributed by atoms with Crippen LogP contribution in [0.3, 0.4) is 0 Å². The highest BCUT2D eigenvalue weighted by molar-refractivity contribution is 6.02. The van der Waals surface area contributed by atoms with Gasteiger partial charge in [-0.25, -0.2) is 0 Å². The Morgan fingerprint density at radius 1 is 1.00 bits per heavy atom. The Labute approximate surface area is 109 Å². The van der Waals surface area contributed by atoms with Crippen LogP contribution in [0.5, 0.6) is 0 Å². The zero-order chi connectivity index (χ0) is 12.4. The third-order valence-corrected chi connectivity index (χ3v) is 4.49. The average Bonchev–Trinajstić information content (AvgIpc) is 2.43. The lowest BCUT2D eigenvalue weighted by Gasteiger charge is -2.35. The summed E-state index contributed by atoms with van der Waals surface area (Å²) < 4.78 is 0. The minimum absolute atomic E-state index is 0.336. The molecule has 0 unspecified atom stereocenters. The maximum absolute atomic E-state index is 12.5. The molecule has 1 aromatic rings. The first-order valence-electron chi connectivity index (χ1n) is 7.14. The average molecular weight is 240 g/mol. The molecule has 2 aliphatic rings. The number of hydrogen-bond donors (Lipinski definition) is 0. The fourth-order valence-electron chi connectivity index (χ4n) is 3.49. The van der Waals surface area contributed by atoms with E-state index in [2.05, 4.69) is 18.2 Å². The van der Waals surface area contributed by atoms with Gasteiger partial charge in [-0.2, -0.15) is 0 Å². The molecule has 0 radical (unpaired) electrons. The van der Waals surface area contributed by atoms with Crippen molar-refractivity contribution in [2.75, 3.05) is 0 Å². The summed E-state index contributed by atoms with van der Waals surface area (Å²) in [4.78, 5) is 12.5. The van der Waals surface area contributed by atoms with Crippen LogP contribution < -0.4 is 0 Å². The van der Waals surface area contributed by atoms with Crippen LogP contribution in [0.25, 0.3) is 6.08 Å². The van der Waals surface area contributed by atoms with Gasteiger partial charge in [0.15, 0.2) is 5.78 Å². The highest BCUT2D eigenvalue weighted by Gasteiger charge is 2.35. The van der Waals surface area contributed by atoms with Crippen molar-refractivity contribution in [3.63, 3.8) is 0 Å². The number of rotatable bonds is 1. The number of fused-ring (bicyclic) bond motifs is 1. The Hall–Kier alpha value is -1.37. The van der Waals surface area contributed by atoms with Crippen molar-refractivity contribution in [1.82, 2.24) is 0 Å². The predicted octanol–water partition coefficient (Wildman–Crippen LogP) is 4.24. The van der Waals surface area contributed by atoms with Gasteiger partial charge in [-0.1, -0.05) is 43.2 Å². The van der Waals surface area contributed by atoms with Crippen molar-refractivity contribution in [2.45, 2.75) is 38.5 Å². The first kappa shape index (κ1) is 11.7. The quantitative estimate of drug-likeness (QED) is 0.671. The predicted molar refractivity (Wildman–Crippen MR) is 74.1 cm³/mol. The molecule has 0 aliphatic heterocycles. The second-order valence-corrected chi connectivity index (χ2v) is 5.63. The van der Waals surface area contributed by atoms with Crippen molar-refractivity contribution in [1.29, 1.82) is 0 Å². The van der Waals surface area contributed by atoms with E-state index < -0.39 is 0 Å². The van der Waals surface area contributed by atoms with E-state index in [9.17, 15) is 4.79 Å². The van der Waals surface area contributed by atoms with Crippen LogP contribution in [0.4, 0.5) is 0 Å². The molecule has 0 aromatic heterocycles. The van der Waals surface area contributed by atoms with Gasteiger partial charge in [0.2, 0.25) is 0 Å². The molecular formula is C17H20O. The number of carbonyl (C=O) groups is 1. The molecular weight excluding hydrogens is 220 g/mol. The second-order valence-electron chi connectivity index (χ2n) is 5.63. The van der Waals surface area contributed by atoms with Crippen molar-refractivity contribution in [3.8, 4) is 0 Å². The topological polar surface area (TPSA) is 17.1 Å². The van der Waals surface area contributed by atoms with E-state index in [0.29, 0.717) is 17.6 Å². The molecule has 2 fully saturated rings. The summed E-state index contributed by atoms with van der Waals surface area (Å²) in [5.41, 5.74) is 2.22. The van der Waals surface area contributed by atoms with E-state index in [4.69, 9.17) is 0 Å². The molecule has 1 aromatic carbocycles. The highest BCUT2D eigenvalue weighted by atomic mass is 16.1. The third kappa shape index (κ3) is 2.27. The van der Waals surface area contributed by atoms with Crippen LogP contribution in [-0.4, -0.2) is 5.78 Å². The van der Waals surface area contributed by atoms with Gasteiger partial charge in [0.05, 0.1) is 0 Å². The normalized spacial score (nSPS) is 30.2. The summed E-state index contributed by atoms with van der Waals surface area (Å²) >= 11 is 0. The summed E-state index contributed by atoms with van der Waals surface area (Å²) in [7, 11) is 0. The Kier molecular flexibility index (Phi) is 3.31. The molecule has 1 nitrogen and oxygen atoms in total. The molecule has 2 saturated carbocycles. The zero-order valence-corrected chi connectivity index (χ0v) is 10.8. The van der Waals surface area contributed by atoms with Crippen LogP contribution in [0.15, 0.2) is 35.9 Å². The maximum atomic E-state index is 12.5. The Bertz CT molecular complexity index is 458. The van der Waals surface area contributed by atoms with Crippen LogP contribution in [0.2, 0.25) is 0 Å². The molecule has 3 rings (SSSR count). The Morgan fingerprint density at radius 3 is 2.61 bits per heavy atom. The molecule has 2 aliphatic carbocycles. The number of ketones is 1. The van der Waals surface area contributed by atoms with E-state index in [0.717, 1.165) is 24.0 Å². The fourth-order valence-corrected chi connectivity index (χ4v) is 3.49. The standard InChI is InChI=1S/C17H20O/c18-17-15(12-13-6-2-1-3-7-13)11-10-14-8-4-5-9-16(14)17/h1-3,6-7,12,14,16H,4-5,8-11H2/b15-12+/t14-,16+/m1/s1. The number of carbonyl (C=O) groups excluding carboxylic acids is 1. The molecule has 1 heteroatoms. The lowest BCUT2D eigenvalue weighted by atomic mass is 9.68.